The molecule has 0 fully saturated rings. The van der Waals surface area contributed by atoms with Crippen LogP contribution in [0.4, 0.5) is 8.78 Å². The third kappa shape index (κ3) is 7.11. The Morgan fingerprint density at radius 2 is 1.65 bits per heavy atom. The average Bonchev–Trinajstić information content (AvgIpc) is 3.06. The molecule has 0 spiro atoms. The van der Waals surface area contributed by atoms with Crippen molar-refractivity contribution < 1.29 is 13.2 Å². The monoisotopic (exact) mass is 390 g/mol. The molecule has 0 bridgehead atoms. The second-order valence-electron chi connectivity index (χ2n) is 4.83. The van der Waals surface area contributed by atoms with Crippen LogP contribution >= 0.6 is 15.9 Å². The lowest BCUT2D eigenvalue weighted by molar-refractivity contribution is 0.116. The van der Waals surface area contributed by atoms with E-state index in [4.69, 9.17) is 4.42 Å². The van der Waals surface area contributed by atoms with Gasteiger partial charge in [0.1, 0.15) is 5.82 Å². The van der Waals surface area contributed by atoms with Crippen molar-refractivity contribution in [3.63, 3.8) is 0 Å². The summed E-state index contributed by atoms with van der Waals surface area (Å²) in [6.45, 7) is 4.49. The maximum Gasteiger partial charge on any atom is 0.314 e. The Morgan fingerprint density at radius 3 is 2.09 bits per heavy atom. The van der Waals surface area contributed by atoms with Crippen LogP contribution in [0.15, 0.2) is 16.8 Å². The smallest absolute Gasteiger partial charge is 0.314 e. The number of hydrogen-bond donors (Lipinski definition) is 0. The van der Waals surface area contributed by atoms with Gasteiger partial charge in [-0.25, -0.2) is 9.97 Å². The van der Waals surface area contributed by atoms with Gasteiger partial charge in [-0.3, -0.25) is 0 Å². The minimum Gasteiger partial charge on any atom is -0.415 e. The van der Waals surface area contributed by atoms with Crippen molar-refractivity contribution >= 4 is 15.9 Å². The normalized spacial score (nSPS) is 10.5. The lowest BCUT2D eigenvalue weighted by Gasteiger charge is -1.95. The standard InChI is InChI=1S/C8H5BrF2N4O.C7H16/c9-1-5-12-2-4(3-13-5)7-14-15-8(16-7)6(10)11;1-3-5-7-6-4-2/h2-3,6H,1H2;3-7H2,1-2H3. The minimum absolute atomic E-state index is 0.0172. The highest BCUT2D eigenvalue weighted by molar-refractivity contribution is 9.08. The van der Waals surface area contributed by atoms with E-state index < -0.39 is 12.3 Å². The summed E-state index contributed by atoms with van der Waals surface area (Å²) in [5.41, 5.74) is 0.407. The van der Waals surface area contributed by atoms with Crippen LogP contribution in [0.5, 0.6) is 0 Å². The molecule has 2 aromatic heterocycles. The summed E-state index contributed by atoms with van der Waals surface area (Å²) in [5.74, 6) is -0.145. The van der Waals surface area contributed by atoms with Crippen LogP contribution < -0.4 is 0 Å². The number of nitrogens with zero attached hydrogens (tertiary/aromatic N) is 4. The SMILES string of the molecule is CCCCCCC.FC(F)c1nnc(-c2cnc(CBr)nc2)o1. The van der Waals surface area contributed by atoms with Crippen molar-refractivity contribution in [3.05, 3.63) is 24.1 Å². The van der Waals surface area contributed by atoms with E-state index >= 15 is 0 Å². The fourth-order valence-electron chi connectivity index (χ4n) is 1.65. The van der Waals surface area contributed by atoms with Gasteiger partial charge in [-0.2, -0.15) is 8.78 Å². The first kappa shape index (κ1) is 19.6. The highest BCUT2D eigenvalue weighted by Gasteiger charge is 2.17. The van der Waals surface area contributed by atoms with Crippen LogP contribution in [0.3, 0.4) is 0 Å². The lowest BCUT2D eigenvalue weighted by Crippen LogP contribution is -1.90. The molecule has 0 aliphatic rings. The molecule has 0 unspecified atom stereocenters. The van der Waals surface area contributed by atoms with Crippen molar-refractivity contribution in [2.75, 3.05) is 0 Å². The summed E-state index contributed by atoms with van der Waals surface area (Å²) in [6, 6.07) is 0. The fourth-order valence-corrected chi connectivity index (χ4v) is 1.94. The quantitative estimate of drug-likeness (QED) is 0.471. The predicted octanol–water partition coefficient (Wildman–Crippen LogP) is 5.34. The van der Waals surface area contributed by atoms with Crippen LogP contribution in [0.25, 0.3) is 11.5 Å². The zero-order valence-electron chi connectivity index (χ0n) is 13.3. The van der Waals surface area contributed by atoms with E-state index in [0.29, 0.717) is 16.7 Å². The molecule has 0 amide bonds. The average molecular weight is 391 g/mol. The second kappa shape index (κ2) is 11.2. The zero-order chi connectivity index (χ0) is 17.1. The molecule has 0 aliphatic heterocycles. The third-order valence-electron chi connectivity index (χ3n) is 2.91. The van der Waals surface area contributed by atoms with Gasteiger partial charge in [0.25, 0.3) is 11.8 Å². The Hall–Kier alpha value is -1.44. The number of hydrogen-bond acceptors (Lipinski definition) is 5. The molecular weight excluding hydrogens is 370 g/mol. The Kier molecular flexibility index (Phi) is 9.51. The number of unbranched alkanes of at least 4 members (excludes halogenated alkanes) is 4. The van der Waals surface area contributed by atoms with Gasteiger partial charge in [-0.15, -0.1) is 10.2 Å². The van der Waals surface area contributed by atoms with Crippen LogP contribution in [0.1, 0.15) is 64.1 Å². The van der Waals surface area contributed by atoms with Gasteiger partial charge in [0.05, 0.1) is 10.9 Å². The van der Waals surface area contributed by atoms with Crippen molar-refractivity contribution in [1.82, 2.24) is 20.2 Å². The fraction of sp³-hybridized carbons (Fsp3) is 0.600. The minimum atomic E-state index is -2.77. The number of alkyl halides is 3. The predicted molar refractivity (Wildman–Crippen MR) is 87.3 cm³/mol. The third-order valence-corrected chi connectivity index (χ3v) is 3.41. The first-order valence-corrected chi connectivity index (χ1v) is 8.73. The van der Waals surface area contributed by atoms with Gasteiger partial charge in [-0.05, 0) is 0 Å². The van der Waals surface area contributed by atoms with Crippen LogP contribution in [-0.2, 0) is 5.33 Å². The largest absolute Gasteiger partial charge is 0.415 e. The van der Waals surface area contributed by atoms with Crippen LogP contribution in [-0.4, -0.2) is 20.2 Å². The molecule has 128 valence electrons. The molecule has 0 saturated carbocycles. The second-order valence-corrected chi connectivity index (χ2v) is 5.39. The Balaban J connectivity index is 0.000000322. The van der Waals surface area contributed by atoms with E-state index in [1.807, 2.05) is 0 Å². The Morgan fingerprint density at radius 1 is 1.04 bits per heavy atom. The van der Waals surface area contributed by atoms with E-state index in [2.05, 4.69) is 49.9 Å². The summed E-state index contributed by atoms with van der Waals surface area (Å²) in [4.78, 5) is 7.91. The summed E-state index contributed by atoms with van der Waals surface area (Å²) in [5, 5.41) is 7.19. The van der Waals surface area contributed by atoms with Crippen LogP contribution in [0, 0.1) is 0 Å². The lowest BCUT2D eigenvalue weighted by atomic mass is 10.2. The molecule has 0 saturated heterocycles. The van der Waals surface area contributed by atoms with Crippen molar-refractivity contribution in [3.8, 4) is 11.5 Å². The summed E-state index contributed by atoms with van der Waals surface area (Å²) < 4.78 is 29.1. The zero-order valence-corrected chi connectivity index (χ0v) is 14.9. The topological polar surface area (TPSA) is 64.7 Å². The van der Waals surface area contributed by atoms with Gasteiger partial charge < -0.3 is 4.42 Å². The van der Waals surface area contributed by atoms with E-state index in [1.165, 1.54) is 44.5 Å². The molecule has 0 aromatic carbocycles. The molecule has 0 N–H and O–H groups in total. The molecule has 2 heterocycles. The molecule has 2 rings (SSSR count). The van der Waals surface area contributed by atoms with Crippen molar-refractivity contribution in [2.24, 2.45) is 0 Å². The maximum absolute atomic E-state index is 12.2. The summed E-state index contributed by atoms with van der Waals surface area (Å²) in [7, 11) is 0. The van der Waals surface area contributed by atoms with E-state index in [1.54, 1.807) is 0 Å². The van der Waals surface area contributed by atoms with Gasteiger partial charge in [0.2, 0.25) is 0 Å². The van der Waals surface area contributed by atoms with Crippen molar-refractivity contribution in [1.29, 1.82) is 0 Å². The van der Waals surface area contributed by atoms with E-state index in [0.717, 1.165) is 0 Å². The molecule has 0 aliphatic carbocycles. The van der Waals surface area contributed by atoms with Gasteiger partial charge in [0, 0.05) is 12.4 Å². The first-order chi connectivity index (χ1) is 11.1. The van der Waals surface area contributed by atoms with Crippen molar-refractivity contribution in [2.45, 2.75) is 57.7 Å². The van der Waals surface area contributed by atoms with Gasteiger partial charge >= 0.3 is 6.43 Å². The molecule has 8 heteroatoms. The molecule has 5 nitrogen and oxygen atoms in total. The number of rotatable bonds is 7. The number of aromatic nitrogens is 4. The highest BCUT2D eigenvalue weighted by atomic mass is 79.9. The summed E-state index contributed by atoms with van der Waals surface area (Å²) in [6.07, 6.45) is 7.11. The maximum atomic E-state index is 12.2. The number of halogens is 3. The molecule has 0 radical (unpaired) electrons. The Bertz CT molecular complexity index is 545. The highest BCUT2D eigenvalue weighted by Crippen LogP contribution is 2.22. The van der Waals surface area contributed by atoms with Gasteiger partial charge in [0.15, 0.2) is 0 Å². The van der Waals surface area contributed by atoms with Gasteiger partial charge in [-0.1, -0.05) is 61.9 Å². The van der Waals surface area contributed by atoms with Crippen LogP contribution in [0.2, 0.25) is 0 Å². The van der Waals surface area contributed by atoms with E-state index in [9.17, 15) is 8.78 Å². The summed E-state index contributed by atoms with van der Waals surface area (Å²) >= 11 is 3.19. The molecule has 0 atom stereocenters. The van der Waals surface area contributed by atoms with E-state index in [-0.39, 0.29) is 5.89 Å². The Labute approximate surface area is 143 Å². The first-order valence-electron chi connectivity index (χ1n) is 7.61. The molecular formula is C15H21BrF2N4O. The molecule has 2 aromatic rings. The molecule has 23 heavy (non-hydrogen) atoms.